The smallest absolute Gasteiger partial charge is 0.245 e. The van der Waals surface area contributed by atoms with Crippen LogP contribution in [0.15, 0.2) is 41.3 Å². The molecule has 0 spiro atoms. The van der Waals surface area contributed by atoms with Gasteiger partial charge in [0, 0.05) is 31.7 Å². The fourth-order valence-corrected chi connectivity index (χ4v) is 6.17. The summed E-state index contributed by atoms with van der Waals surface area (Å²) in [4.78, 5) is 29.5. The van der Waals surface area contributed by atoms with Crippen LogP contribution in [-0.4, -0.2) is 73.1 Å². The Balaban J connectivity index is 1.51. The van der Waals surface area contributed by atoms with Crippen molar-refractivity contribution in [3.63, 3.8) is 0 Å². The number of rotatable bonds is 5. The SMILES string of the molecule is C[C@@H](C(=O)N1CCCCC1)N1CC[C@H](N(C)S(=O)(=O)c2ccc3cc(Cl)ccc3c2)C1=O. The van der Waals surface area contributed by atoms with Crippen LogP contribution in [0.5, 0.6) is 0 Å². The standard InChI is InChI=1S/C23H28ClN3O4S/c1-16(22(28)26-11-4-3-5-12-26)27-13-10-21(23(27)29)25(2)32(30,31)20-9-7-17-14-19(24)8-6-18(17)15-20/h6-9,14-16,21H,3-5,10-13H2,1-2H3/t16-,21-/m0/s1. The van der Waals surface area contributed by atoms with Crippen LogP contribution < -0.4 is 0 Å². The first-order valence-corrected chi connectivity index (χ1v) is 12.8. The van der Waals surface area contributed by atoms with Crippen molar-refractivity contribution in [1.82, 2.24) is 14.1 Å². The van der Waals surface area contributed by atoms with E-state index in [-0.39, 0.29) is 16.7 Å². The minimum Gasteiger partial charge on any atom is -0.341 e. The Morgan fingerprint density at radius 1 is 1.06 bits per heavy atom. The Hall–Kier alpha value is -2.16. The third-order valence-electron chi connectivity index (χ3n) is 6.59. The summed E-state index contributed by atoms with van der Waals surface area (Å²) in [5.41, 5.74) is 0. The van der Waals surface area contributed by atoms with Gasteiger partial charge in [-0.25, -0.2) is 8.42 Å². The normalized spacial score (nSPS) is 20.9. The molecule has 2 aliphatic rings. The number of amides is 2. The zero-order valence-corrected chi connectivity index (χ0v) is 19.9. The van der Waals surface area contributed by atoms with E-state index in [4.69, 9.17) is 11.6 Å². The summed E-state index contributed by atoms with van der Waals surface area (Å²) in [5.74, 6) is -0.376. The number of benzene rings is 2. The first kappa shape index (κ1) is 23.0. The number of nitrogens with zero attached hydrogens (tertiary/aromatic N) is 3. The number of likely N-dealkylation sites (N-methyl/N-ethyl adjacent to an activating group) is 1. The molecule has 2 aromatic carbocycles. The highest BCUT2D eigenvalue weighted by atomic mass is 35.5. The van der Waals surface area contributed by atoms with Crippen molar-refractivity contribution in [2.24, 2.45) is 0 Å². The fraction of sp³-hybridized carbons (Fsp3) is 0.478. The zero-order chi connectivity index (χ0) is 23.0. The van der Waals surface area contributed by atoms with E-state index in [0.717, 1.165) is 47.4 Å². The van der Waals surface area contributed by atoms with Crippen molar-refractivity contribution in [2.45, 2.75) is 49.6 Å². The van der Waals surface area contributed by atoms with Crippen molar-refractivity contribution < 1.29 is 18.0 Å². The molecule has 2 saturated heterocycles. The second kappa shape index (κ2) is 9.00. The number of carbonyl (C=O) groups is 2. The molecule has 0 N–H and O–H groups in total. The molecule has 32 heavy (non-hydrogen) atoms. The van der Waals surface area contributed by atoms with Gasteiger partial charge in [-0.05, 0) is 67.6 Å². The summed E-state index contributed by atoms with van der Waals surface area (Å²) < 4.78 is 27.7. The van der Waals surface area contributed by atoms with Crippen molar-refractivity contribution in [3.05, 3.63) is 41.4 Å². The van der Waals surface area contributed by atoms with Gasteiger partial charge in [0.25, 0.3) is 0 Å². The van der Waals surface area contributed by atoms with Crippen molar-refractivity contribution in [3.8, 4) is 0 Å². The number of halogens is 1. The van der Waals surface area contributed by atoms with Crippen LogP contribution in [0.1, 0.15) is 32.6 Å². The van der Waals surface area contributed by atoms with Gasteiger partial charge in [-0.1, -0.05) is 23.7 Å². The molecular weight excluding hydrogens is 450 g/mol. The number of fused-ring (bicyclic) bond motifs is 1. The first-order valence-electron chi connectivity index (χ1n) is 11.0. The maximum Gasteiger partial charge on any atom is 0.245 e. The zero-order valence-electron chi connectivity index (χ0n) is 18.3. The Labute approximate surface area is 194 Å². The Kier molecular flexibility index (Phi) is 6.47. The van der Waals surface area contributed by atoms with Gasteiger partial charge >= 0.3 is 0 Å². The van der Waals surface area contributed by atoms with Crippen molar-refractivity contribution in [2.75, 3.05) is 26.7 Å². The number of piperidine rings is 1. The van der Waals surface area contributed by atoms with Gasteiger partial charge in [0.05, 0.1) is 4.90 Å². The molecule has 2 aromatic rings. The van der Waals surface area contributed by atoms with E-state index in [2.05, 4.69) is 0 Å². The van der Waals surface area contributed by atoms with E-state index in [1.54, 1.807) is 37.3 Å². The summed E-state index contributed by atoms with van der Waals surface area (Å²) in [6.07, 6.45) is 3.44. The third-order valence-corrected chi connectivity index (χ3v) is 8.69. The average Bonchev–Trinajstić information content (AvgIpc) is 3.18. The summed E-state index contributed by atoms with van der Waals surface area (Å²) in [5, 5.41) is 2.17. The van der Waals surface area contributed by atoms with E-state index < -0.39 is 22.1 Å². The quantitative estimate of drug-likeness (QED) is 0.662. The molecule has 0 saturated carbocycles. The molecule has 0 radical (unpaired) electrons. The highest BCUT2D eigenvalue weighted by Gasteiger charge is 2.43. The van der Waals surface area contributed by atoms with Gasteiger partial charge in [0.1, 0.15) is 12.1 Å². The lowest BCUT2D eigenvalue weighted by Crippen LogP contribution is -2.51. The van der Waals surface area contributed by atoms with E-state index >= 15 is 0 Å². The van der Waals surface area contributed by atoms with E-state index in [1.165, 1.54) is 18.0 Å². The summed E-state index contributed by atoms with van der Waals surface area (Å²) in [6.45, 7) is 3.53. The highest BCUT2D eigenvalue weighted by molar-refractivity contribution is 7.89. The van der Waals surface area contributed by atoms with Crippen molar-refractivity contribution >= 4 is 44.2 Å². The fourth-order valence-electron chi connectivity index (χ4n) is 4.61. The van der Waals surface area contributed by atoms with Crippen LogP contribution in [0.4, 0.5) is 0 Å². The molecule has 2 amide bonds. The molecule has 0 aliphatic carbocycles. The topological polar surface area (TPSA) is 78.0 Å². The molecule has 0 unspecified atom stereocenters. The first-order chi connectivity index (χ1) is 15.2. The second-order valence-electron chi connectivity index (χ2n) is 8.57. The number of carbonyl (C=O) groups excluding carboxylic acids is 2. The Morgan fingerprint density at radius 3 is 2.44 bits per heavy atom. The predicted octanol–water partition coefficient (Wildman–Crippen LogP) is 3.12. The number of hydrogen-bond donors (Lipinski definition) is 0. The van der Waals surface area contributed by atoms with Crippen LogP contribution >= 0.6 is 11.6 Å². The molecule has 4 rings (SSSR count). The molecule has 7 nitrogen and oxygen atoms in total. The maximum absolute atomic E-state index is 13.3. The molecule has 0 aromatic heterocycles. The molecule has 2 atom stereocenters. The van der Waals surface area contributed by atoms with Crippen LogP contribution in [0.3, 0.4) is 0 Å². The minimum absolute atomic E-state index is 0.0580. The minimum atomic E-state index is -3.89. The molecule has 2 aliphatic heterocycles. The van der Waals surface area contributed by atoms with Crippen LogP contribution in [-0.2, 0) is 19.6 Å². The van der Waals surface area contributed by atoms with Gasteiger partial charge in [-0.15, -0.1) is 0 Å². The molecule has 9 heteroatoms. The molecule has 172 valence electrons. The van der Waals surface area contributed by atoms with Crippen LogP contribution in [0.2, 0.25) is 5.02 Å². The third kappa shape index (κ3) is 4.23. The van der Waals surface area contributed by atoms with Gasteiger partial charge < -0.3 is 9.80 Å². The lowest BCUT2D eigenvalue weighted by molar-refractivity contribution is -0.144. The van der Waals surface area contributed by atoms with E-state index in [0.29, 0.717) is 18.0 Å². The largest absolute Gasteiger partial charge is 0.341 e. The van der Waals surface area contributed by atoms with E-state index in [9.17, 15) is 18.0 Å². The predicted molar refractivity (Wildman–Crippen MR) is 124 cm³/mol. The lowest BCUT2D eigenvalue weighted by Gasteiger charge is -2.33. The number of hydrogen-bond acceptors (Lipinski definition) is 4. The van der Waals surface area contributed by atoms with Gasteiger partial charge in [0.15, 0.2) is 0 Å². The molecule has 2 heterocycles. The monoisotopic (exact) mass is 477 g/mol. The molecular formula is C23H28ClN3O4S. The van der Waals surface area contributed by atoms with Gasteiger partial charge in [-0.3, -0.25) is 9.59 Å². The lowest BCUT2D eigenvalue weighted by atomic mass is 10.1. The van der Waals surface area contributed by atoms with Crippen LogP contribution in [0, 0.1) is 0 Å². The molecule has 0 bridgehead atoms. The summed E-state index contributed by atoms with van der Waals surface area (Å²) >= 11 is 6.02. The van der Waals surface area contributed by atoms with Gasteiger partial charge in [-0.2, -0.15) is 4.31 Å². The average molecular weight is 478 g/mol. The number of sulfonamides is 1. The van der Waals surface area contributed by atoms with E-state index in [1.807, 2.05) is 4.90 Å². The van der Waals surface area contributed by atoms with Crippen LogP contribution in [0.25, 0.3) is 10.8 Å². The summed E-state index contributed by atoms with van der Waals surface area (Å²) in [7, 11) is -2.45. The summed E-state index contributed by atoms with van der Waals surface area (Å²) in [6, 6.07) is 8.68. The Bertz CT molecular complexity index is 1150. The van der Waals surface area contributed by atoms with Gasteiger partial charge in [0.2, 0.25) is 21.8 Å². The van der Waals surface area contributed by atoms with Crippen molar-refractivity contribution in [1.29, 1.82) is 0 Å². The Morgan fingerprint density at radius 2 is 1.72 bits per heavy atom. The second-order valence-corrected chi connectivity index (χ2v) is 11.0. The maximum atomic E-state index is 13.3. The molecule has 2 fully saturated rings. The highest BCUT2D eigenvalue weighted by Crippen LogP contribution is 2.28. The number of likely N-dealkylation sites (tertiary alicyclic amines) is 2.